The highest BCUT2D eigenvalue weighted by atomic mass is 16.6. The molecular weight excluding hydrogens is 388 g/mol. The highest BCUT2D eigenvalue weighted by molar-refractivity contribution is 5.67. The molecule has 1 amide bonds. The van der Waals surface area contributed by atoms with Crippen LogP contribution in [0.25, 0.3) is 0 Å². The lowest BCUT2D eigenvalue weighted by molar-refractivity contribution is -0.0436. The van der Waals surface area contributed by atoms with Crippen LogP contribution in [0.4, 0.5) is 4.79 Å². The maximum atomic E-state index is 12.3. The lowest BCUT2D eigenvalue weighted by Gasteiger charge is -2.58. The molecular formula is C26H42N2O3. The third-order valence-corrected chi connectivity index (χ3v) is 10.8. The van der Waals surface area contributed by atoms with Gasteiger partial charge in [0.25, 0.3) is 0 Å². The first-order valence-electron chi connectivity index (χ1n) is 12.7. The van der Waals surface area contributed by atoms with Gasteiger partial charge in [0.1, 0.15) is 6.61 Å². The Morgan fingerprint density at radius 1 is 1.23 bits per heavy atom. The van der Waals surface area contributed by atoms with Crippen LogP contribution < -0.4 is 0 Å². The summed E-state index contributed by atoms with van der Waals surface area (Å²) in [5.41, 5.74) is 2.50. The average molecular weight is 431 g/mol. The summed E-state index contributed by atoms with van der Waals surface area (Å²) >= 11 is 0. The number of hydrogen-bond donors (Lipinski definition) is 1. The van der Waals surface area contributed by atoms with E-state index in [1.165, 1.54) is 45.1 Å². The molecule has 0 aromatic carbocycles. The summed E-state index contributed by atoms with van der Waals surface area (Å²) in [5.74, 6) is 3.49. The number of ether oxygens (including phenoxy) is 1. The third-order valence-electron chi connectivity index (χ3n) is 10.8. The molecule has 1 unspecified atom stereocenters. The van der Waals surface area contributed by atoms with Gasteiger partial charge in [0.15, 0.2) is 0 Å². The number of likely N-dealkylation sites (tertiary alicyclic amines) is 1. The number of carbonyl (C=O) groups is 1. The zero-order chi connectivity index (χ0) is 22.0. The van der Waals surface area contributed by atoms with Crippen molar-refractivity contribution in [3.63, 3.8) is 0 Å². The Kier molecular flexibility index (Phi) is 5.45. The number of aliphatic hydroxyl groups is 1. The number of hydrogen-bond acceptors (Lipinski definition) is 4. The van der Waals surface area contributed by atoms with E-state index in [1.807, 2.05) is 7.05 Å². The van der Waals surface area contributed by atoms with E-state index in [-0.39, 0.29) is 25.3 Å². The van der Waals surface area contributed by atoms with E-state index in [0.717, 1.165) is 42.6 Å². The molecule has 1 spiro atoms. The van der Waals surface area contributed by atoms with Crippen LogP contribution in [-0.2, 0) is 4.74 Å². The number of rotatable bonds is 3. The second kappa shape index (κ2) is 7.76. The Balaban J connectivity index is 1.34. The van der Waals surface area contributed by atoms with Crippen molar-refractivity contribution in [3.8, 4) is 0 Å². The zero-order valence-electron chi connectivity index (χ0n) is 20.0. The number of allylic oxidation sites excluding steroid dienone is 1. The number of aliphatic hydroxyl groups excluding tert-OH is 1. The van der Waals surface area contributed by atoms with E-state index in [4.69, 9.17) is 9.84 Å². The lowest BCUT2D eigenvalue weighted by Crippen LogP contribution is -2.53. The van der Waals surface area contributed by atoms with Crippen molar-refractivity contribution in [3.05, 3.63) is 11.6 Å². The van der Waals surface area contributed by atoms with E-state index >= 15 is 0 Å². The summed E-state index contributed by atoms with van der Waals surface area (Å²) in [5, 5.41) is 8.95. The highest BCUT2D eigenvalue weighted by Crippen LogP contribution is 2.68. The van der Waals surface area contributed by atoms with Gasteiger partial charge in [-0.05, 0) is 99.8 Å². The molecule has 4 fully saturated rings. The van der Waals surface area contributed by atoms with Crippen LogP contribution in [0.1, 0.15) is 65.2 Å². The molecule has 8 atom stereocenters. The Labute approximate surface area is 188 Å². The van der Waals surface area contributed by atoms with E-state index in [0.29, 0.717) is 10.8 Å². The van der Waals surface area contributed by atoms with Gasteiger partial charge >= 0.3 is 6.09 Å². The summed E-state index contributed by atoms with van der Waals surface area (Å²) in [6.45, 7) is 6.30. The molecule has 1 N–H and O–H groups in total. The van der Waals surface area contributed by atoms with Crippen molar-refractivity contribution in [1.82, 2.24) is 9.80 Å². The number of fused-ring (bicyclic) bond motifs is 4. The SMILES string of the molecule is C[C@H]1[C@H]2CC[C@H]3[C@@H]4CC=C5C[C@@H](N(C)C(=O)OCCO)CC[C@]5(C)[C@H]4CCC23CN1C. The molecule has 0 aromatic heterocycles. The van der Waals surface area contributed by atoms with Gasteiger partial charge < -0.3 is 19.6 Å². The van der Waals surface area contributed by atoms with Crippen LogP contribution in [0.5, 0.6) is 0 Å². The lowest BCUT2D eigenvalue weighted by atomic mass is 9.47. The summed E-state index contributed by atoms with van der Waals surface area (Å²) in [6.07, 6.45) is 12.5. The summed E-state index contributed by atoms with van der Waals surface area (Å²) in [6, 6.07) is 0.973. The molecule has 5 aliphatic rings. The maximum Gasteiger partial charge on any atom is 0.409 e. The Hall–Kier alpha value is -1.07. The molecule has 5 rings (SSSR count). The molecule has 5 heteroatoms. The van der Waals surface area contributed by atoms with E-state index in [9.17, 15) is 4.79 Å². The van der Waals surface area contributed by atoms with Crippen LogP contribution in [-0.4, -0.2) is 66.9 Å². The van der Waals surface area contributed by atoms with Crippen molar-refractivity contribution in [2.75, 3.05) is 33.9 Å². The molecule has 4 aliphatic carbocycles. The minimum atomic E-state index is -0.298. The summed E-state index contributed by atoms with van der Waals surface area (Å²) < 4.78 is 5.17. The molecule has 5 nitrogen and oxygen atoms in total. The van der Waals surface area contributed by atoms with Gasteiger partial charge in [-0.25, -0.2) is 4.79 Å². The van der Waals surface area contributed by atoms with E-state index in [1.54, 1.807) is 10.5 Å². The van der Waals surface area contributed by atoms with Crippen molar-refractivity contribution >= 4 is 6.09 Å². The molecule has 3 saturated carbocycles. The van der Waals surface area contributed by atoms with Crippen LogP contribution in [0.2, 0.25) is 0 Å². The molecule has 1 aliphatic heterocycles. The van der Waals surface area contributed by atoms with Crippen molar-refractivity contribution in [2.24, 2.45) is 34.5 Å². The van der Waals surface area contributed by atoms with Gasteiger partial charge in [-0.1, -0.05) is 18.6 Å². The fourth-order valence-electron chi connectivity index (χ4n) is 9.16. The predicted octanol–water partition coefficient (Wildman–Crippen LogP) is 4.31. The van der Waals surface area contributed by atoms with Gasteiger partial charge in [-0.15, -0.1) is 0 Å². The van der Waals surface area contributed by atoms with Crippen LogP contribution in [0.15, 0.2) is 11.6 Å². The largest absolute Gasteiger partial charge is 0.447 e. The molecule has 174 valence electrons. The smallest absolute Gasteiger partial charge is 0.409 e. The molecule has 31 heavy (non-hydrogen) atoms. The fraction of sp³-hybridized carbons (Fsp3) is 0.885. The molecule has 1 saturated heterocycles. The Bertz CT molecular complexity index is 753. The Morgan fingerprint density at radius 3 is 2.77 bits per heavy atom. The number of amides is 1. The quantitative estimate of drug-likeness (QED) is 0.678. The first kappa shape index (κ1) is 21.8. The molecule has 1 heterocycles. The minimum Gasteiger partial charge on any atom is -0.447 e. The normalized spacial score (nSPS) is 46.4. The van der Waals surface area contributed by atoms with Gasteiger partial charge in [-0.3, -0.25) is 0 Å². The third kappa shape index (κ3) is 3.13. The van der Waals surface area contributed by atoms with Crippen molar-refractivity contribution in [1.29, 1.82) is 0 Å². The minimum absolute atomic E-state index is 0.0813. The van der Waals surface area contributed by atoms with Gasteiger partial charge in [0.05, 0.1) is 6.61 Å². The summed E-state index contributed by atoms with van der Waals surface area (Å²) in [4.78, 5) is 16.7. The van der Waals surface area contributed by atoms with E-state index in [2.05, 4.69) is 31.9 Å². The fourth-order valence-corrected chi connectivity index (χ4v) is 9.16. The average Bonchev–Trinajstić information content (AvgIpc) is 3.24. The standard InChI is InChI=1S/C26H42N2O3/c1-17-21-7-8-23-20-6-5-18-15-19(28(4)24(30)31-14-13-29)9-11-25(18,2)22(20)10-12-26(21,23)16-27(17)3/h5,17,19-23,29H,6-16H2,1-4H3/t17-,19-,20+,21+,22-,23-,25-,26?/m0/s1. The summed E-state index contributed by atoms with van der Waals surface area (Å²) in [7, 11) is 4.21. The van der Waals surface area contributed by atoms with Crippen molar-refractivity contribution < 1.29 is 14.6 Å². The van der Waals surface area contributed by atoms with E-state index < -0.39 is 0 Å². The predicted molar refractivity (Wildman–Crippen MR) is 122 cm³/mol. The topological polar surface area (TPSA) is 53.0 Å². The van der Waals surface area contributed by atoms with Crippen LogP contribution in [0.3, 0.4) is 0 Å². The van der Waals surface area contributed by atoms with Crippen LogP contribution in [0, 0.1) is 34.5 Å². The first-order chi connectivity index (χ1) is 14.8. The molecule has 0 bridgehead atoms. The van der Waals surface area contributed by atoms with Crippen LogP contribution >= 0.6 is 0 Å². The highest BCUT2D eigenvalue weighted by Gasteiger charge is 2.64. The Morgan fingerprint density at radius 2 is 2.00 bits per heavy atom. The number of nitrogens with zero attached hydrogens (tertiary/aromatic N) is 2. The van der Waals surface area contributed by atoms with Gasteiger partial charge in [-0.2, -0.15) is 0 Å². The monoisotopic (exact) mass is 430 g/mol. The maximum absolute atomic E-state index is 12.3. The van der Waals surface area contributed by atoms with Gasteiger partial charge in [0, 0.05) is 25.7 Å². The zero-order valence-corrected chi connectivity index (χ0v) is 20.0. The first-order valence-corrected chi connectivity index (χ1v) is 12.7. The number of carbonyl (C=O) groups excluding carboxylic acids is 1. The second-order valence-electron chi connectivity index (χ2n) is 11.7. The molecule has 0 aromatic rings. The van der Waals surface area contributed by atoms with Gasteiger partial charge in [0.2, 0.25) is 0 Å². The van der Waals surface area contributed by atoms with Crippen molar-refractivity contribution in [2.45, 2.75) is 77.3 Å². The molecule has 0 radical (unpaired) electrons. The second-order valence-corrected chi connectivity index (χ2v) is 11.7.